The molecule has 0 saturated carbocycles. The SMILES string of the molecule is CC.CC.[NH-]c1[c-]cnc(Nc2c[c-]c3c(c2)[CH-]OB3O)n1.[Y].[Y].[Y].[Y].[Y]. The van der Waals surface area contributed by atoms with Gasteiger partial charge < -0.3 is 31.8 Å². The Hall–Kier alpha value is 3.27. The van der Waals surface area contributed by atoms with Gasteiger partial charge in [-0.25, -0.2) is 17.3 Å². The molecule has 1 aliphatic rings. The molecule has 0 aliphatic carbocycles. The van der Waals surface area contributed by atoms with Gasteiger partial charge in [0.15, 0.2) is 0 Å². The molecule has 1 aromatic carbocycles. The molecule has 133 valence electrons. The Morgan fingerprint density at radius 1 is 1.11 bits per heavy atom. The molecule has 3 N–H and O–H groups in total. The molecule has 0 amide bonds. The molecule has 0 saturated heterocycles. The van der Waals surface area contributed by atoms with E-state index in [1.807, 2.05) is 27.7 Å². The van der Waals surface area contributed by atoms with Gasteiger partial charge in [0.25, 0.3) is 0 Å². The molecular weight excluding hydrogens is 724 g/mol. The summed E-state index contributed by atoms with van der Waals surface area (Å²) in [4.78, 5) is 7.80. The van der Waals surface area contributed by atoms with E-state index < -0.39 is 7.12 Å². The molecule has 0 bridgehead atoms. The minimum atomic E-state index is -0.948. The summed E-state index contributed by atoms with van der Waals surface area (Å²) in [5, 5.41) is 12.4. The molecule has 3 rings (SSSR count). The van der Waals surface area contributed by atoms with Crippen LogP contribution < -0.4 is 10.8 Å². The monoisotopic (exact) mass is 743 g/mol. The van der Waals surface area contributed by atoms with Crippen LogP contribution in [-0.4, -0.2) is 22.1 Å². The van der Waals surface area contributed by atoms with Crippen molar-refractivity contribution in [2.45, 2.75) is 27.7 Å². The van der Waals surface area contributed by atoms with Crippen molar-refractivity contribution in [3.05, 3.63) is 48.4 Å². The van der Waals surface area contributed by atoms with Gasteiger partial charge in [0.05, 0.1) is 0 Å². The minimum absolute atomic E-state index is 0. The minimum Gasteiger partial charge on any atom is -0.516 e. The van der Waals surface area contributed by atoms with Crippen molar-refractivity contribution in [2.24, 2.45) is 0 Å². The standard InChI is InChI=1S/C11H7BN4O2.2C2H6.5Y/c13-10-3-4-14-11(16-10)15-8-1-2-9-7(5-8)6-18-12(9)17;2*1-2;;;;;/h1,4-6,17H,(H2-,13,14,15,16);2*1-2H3;;;;;/q-4;;;;;;;. The van der Waals surface area contributed by atoms with Crippen LogP contribution >= 0.6 is 0 Å². The zero-order chi connectivity index (χ0) is 16.5. The topological polar surface area (TPSA) is 91.1 Å². The number of rotatable bonds is 2. The number of aromatic nitrogens is 2. The van der Waals surface area contributed by atoms with E-state index in [4.69, 9.17) is 10.4 Å². The number of hydrogen-bond acceptors (Lipinski definition) is 5. The van der Waals surface area contributed by atoms with Crippen LogP contribution in [0.3, 0.4) is 0 Å². The molecule has 0 atom stereocenters. The average Bonchev–Trinajstić information content (AvgIpc) is 2.92. The maximum atomic E-state index is 9.44. The molecule has 1 aliphatic heterocycles. The Morgan fingerprint density at radius 3 is 2.26 bits per heavy atom. The first-order valence-corrected chi connectivity index (χ1v) is 7.18. The fourth-order valence-corrected chi connectivity index (χ4v) is 1.63. The van der Waals surface area contributed by atoms with Crippen LogP contribution in [0.2, 0.25) is 0 Å². The second-order valence-corrected chi connectivity index (χ2v) is 3.68. The number of fused-ring (bicyclic) bond motifs is 1. The smallest absolute Gasteiger partial charge is 0.381 e. The Morgan fingerprint density at radius 2 is 1.70 bits per heavy atom. The molecule has 5 radical (unpaired) electrons. The third-order valence-electron chi connectivity index (χ3n) is 2.44. The number of benzene rings is 1. The molecule has 12 heteroatoms. The van der Waals surface area contributed by atoms with Crippen LogP contribution in [-0.2, 0) is 168 Å². The third-order valence-corrected chi connectivity index (χ3v) is 2.44. The second kappa shape index (κ2) is 23.9. The Bertz CT molecular complexity index is 614. The summed E-state index contributed by atoms with van der Waals surface area (Å²) in [7, 11) is -0.948. The number of hydrogen-bond donors (Lipinski definition) is 2. The second-order valence-electron chi connectivity index (χ2n) is 3.68. The van der Waals surface area contributed by atoms with Crippen LogP contribution in [0.4, 0.5) is 17.5 Å². The van der Waals surface area contributed by atoms with E-state index in [1.54, 1.807) is 12.1 Å². The van der Waals surface area contributed by atoms with Gasteiger partial charge in [-0.1, -0.05) is 27.7 Å². The maximum absolute atomic E-state index is 9.44. The summed E-state index contributed by atoms with van der Waals surface area (Å²) in [5.41, 5.74) is 9.39. The number of nitrogens with one attached hydrogen (secondary N) is 2. The molecule has 0 unspecified atom stereocenters. The zero-order valence-electron chi connectivity index (χ0n) is 16.0. The molecule has 27 heavy (non-hydrogen) atoms. The van der Waals surface area contributed by atoms with Crippen LogP contribution in [0.15, 0.2) is 18.3 Å². The molecule has 2 heterocycles. The van der Waals surface area contributed by atoms with E-state index in [9.17, 15) is 5.02 Å². The van der Waals surface area contributed by atoms with Crippen LogP contribution in [0, 0.1) is 18.7 Å². The van der Waals surface area contributed by atoms with Crippen molar-refractivity contribution >= 4 is 30.0 Å². The van der Waals surface area contributed by atoms with E-state index in [0.29, 0.717) is 17.1 Å². The Kier molecular flexibility index (Phi) is 36.0. The predicted molar refractivity (Wildman–Crippen MR) is 88.2 cm³/mol. The van der Waals surface area contributed by atoms with Gasteiger partial charge in [-0.2, -0.15) is 12.3 Å². The molecule has 0 spiro atoms. The quantitative estimate of drug-likeness (QED) is 0.365. The van der Waals surface area contributed by atoms with Crippen LogP contribution in [0.1, 0.15) is 33.3 Å². The first-order chi connectivity index (χ1) is 10.7. The summed E-state index contributed by atoms with van der Waals surface area (Å²) in [5.74, 6) is 0.328. The van der Waals surface area contributed by atoms with E-state index in [0.717, 1.165) is 5.56 Å². The molecule has 6 nitrogen and oxygen atoms in total. The first kappa shape index (κ1) is 40.6. The molecular formula is C15H19BN4O2Y5-4. The van der Waals surface area contributed by atoms with Crippen molar-refractivity contribution in [3.8, 4) is 0 Å². The Labute approximate surface area is 288 Å². The van der Waals surface area contributed by atoms with Gasteiger partial charge in [-0.05, 0) is 0 Å². The first-order valence-electron chi connectivity index (χ1n) is 7.18. The maximum Gasteiger partial charge on any atom is 0.381 e. The van der Waals surface area contributed by atoms with E-state index in [2.05, 4.69) is 27.4 Å². The van der Waals surface area contributed by atoms with E-state index >= 15 is 0 Å². The van der Waals surface area contributed by atoms with Crippen molar-refractivity contribution in [2.75, 3.05) is 5.32 Å². The number of anilines is 2. The predicted octanol–water partition coefficient (Wildman–Crippen LogP) is 2.77. The Balaban J connectivity index is -0.000000169. The fourth-order valence-electron chi connectivity index (χ4n) is 1.63. The molecule has 1 aromatic heterocycles. The van der Waals surface area contributed by atoms with Crippen LogP contribution in [0.25, 0.3) is 5.73 Å². The largest absolute Gasteiger partial charge is 0.516 e. The fraction of sp³-hybridized carbons (Fsp3) is 0.267. The van der Waals surface area contributed by atoms with Gasteiger partial charge in [0.1, 0.15) is 5.95 Å². The van der Waals surface area contributed by atoms with Crippen molar-refractivity contribution < 1.29 is 173 Å². The molecule has 0 fully saturated rings. The van der Waals surface area contributed by atoms with Gasteiger partial charge >= 0.3 is 7.12 Å². The number of nitrogens with zero attached hydrogens (tertiary/aromatic N) is 2. The zero-order valence-corrected chi connectivity index (χ0v) is 30.2. The normalized spacial score (nSPS) is 9.15. The van der Waals surface area contributed by atoms with Crippen molar-refractivity contribution in [1.29, 1.82) is 0 Å². The summed E-state index contributed by atoms with van der Waals surface area (Å²) in [6.45, 7) is 9.47. The average molecular weight is 743 g/mol. The van der Waals surface area contributed by atoms with Crippen molar-refractivity contribution in [3.63, 3.8) is 0 Å². The third kappa shape index (κ3) is 14.1. The van der Waals surface area contributed by atoms with E-state index in [-0.39, 0.29) is 169 Å². The van der Waals surface area contributed by atoms with Gasteiger partial charge in [0, 0.05) is 164 Å². The van der Waals surface area contributed by atoms with Gasteiger partial charge in [0.2, 0.25) is 0 Å². The van der Waals surface area contributed by atoms with E-state index in [1.165, 1.54) is 12.8 Å². The molecule has 2 aromatic rings. The summed E-state index contributed by atoms with van der Waals surface area (Å²) < 4.78 is 4.95. The summed E-state index contributed by atoms with van der Waals surface area (Å²) in [6, 6.07) is 8.91. The van der Waals surface area contributed by atoms with Gasteiger partial charge in [-0.15, -0.1) is 12.3 Å². The van der Waals surface area contributed by atoms with Crippen molar-refractivity contribution in [1.82, 2.24) is 9.97 Å². The summed E-state index contributed by atoms with van der Waals surface area (Å²) in [6.07, 6.45) is 1.38. The van der Waals surface area contributed by atoms with Gasteiger partial charge in [-0.3, -0.25) is 16.6 Å². The van der Waals surface area contributed by atoms with Crippen LogP contribution in [0.5, 0.6) is 0 Å². The summed E-state index contributed by atoms with van der Waals surface area (Å²) >= 11 is 0.